The van der Waals surface area contributed by atoms with Crippen LogP contribution in [0.25, 0.3) is 0 Å². The van der Waals surface area contributed by atoms with Crippen molar-refractivity contribution in [3.8, 4) is 0 Å². The third-order valence-electron chi connectivity index (χ3n) is 1.77. The van der Waals surface area contributed by atoms with E-state index in [2.05, 4.69) is 10.6 Å². The van der Waals surface area contributed by atoms with E-state index in [1.54, 1.807) is 0 Å². The Kier molecular flexibility index (Phi) is 7.74. The van der Waals surface area contributed by atoms with E-state index >= 15 is 0 Å². The van der Waals surface area contributed by atoms with Crippen molar-refractivity contribution < 1.29 is 19.8 Å². The minimum Gasteiger partial charge on any atom is -0.480 e. The average Bonchev–Trinajstić information content (AvgIpc) is 2.20. The number of carboxylic acid groups (broad SMARTS) is 1. The zero-order valence-corrected chi connectivity index (χ0v) is 10.2. The van der Waals surface area contributed by atoms with Crippen LogP contribution in [0.5, 0.6) is 0 Å². The molecule has 0 aliphatic heterocycles. The zero-order chi connectivity index (χ0) is 12.6. The molecule has 0 saturated carbocycles. The molecule has 2 amide bonds. The van der Waals surface area contributed by atoms with Gasteiger partial charge in [0.05, 0.1) is 6.10 Å². The quantitative estimate of drug-likeness (QED) is 0.504. The van der Waals surface area contributed by atoms with Gasteiger partial charge in [0.25, 0.3) is 0 Å². The molecule has 0 bridgehead atoms. The Morgan fingerprint density at radius 2 is 2.06 bits per heavy atom. The fraction of sp³-hybridized carbons (Fsp3) is 0.778. The molecule has 4 N–H and O–H groups in total. The summed E-state index contributed by atoms with van der Waals surface area (Å²) in [6, 6.07) is -1.46. The first-order chi connectivity index (χ1) is 7.47. The van der Waals surface area contributed by atoms with Crippen molar-refractivity contribution in [2.75, 3.05) is 18.6 Å². The molecule has 94 valence electrons. The Morgan fingerprint density at radius 3 is 2.50 bits per heavy atom. The van der Waals surface area contributed by atoms with Crippen LogP contribution >= 0.6 is 11.8 Å². The summed E-state index contributed by atoms with van der Waals surface area (Å²) in [6.45, 7) is 1.63. The van der Waals surface area contributed by atoms with Gasteiger partial charge in [0, 0.05) is 6.54 Å². The fourth-order valence-electron chi connectivity index (χ4n) is 0.943. The lowest BCUT2D eigenvalue weighted by molar-refractivity contribution is -0.139. The molecule has 0 heterocycles. The van der Waals surface area contributed by atoms with Crippen LogP contribution in [-0.2, 0) is 4.79 Å². The summed E-state index contributed by atoms with van der Waals surface area (Å²) in [5.74, 6) is -0.394. The highest BCUT2D eigenvalue weighted by atomic mass is 32.2. The highest BCUT2D eigenvalue weighted by Crippen LogP contribution is 2.00. The number of carbonyl (C=O) groups is 2. The maximum Gasteiger partial charge on any atom is 0.326 e. The Morgan fingerprint density at radius 1 is 1.44 bits per heavy atom. The van der Waals surface area contributed by atoms with Gasteiger partial charge in [-0.05, 0) is 25.4 Å². The number of nitrogens with one attached hydrogen (secondary N) is 2. The second kappa shape index (κ2) is 8.23. The lowest BCUT2D eigenvalue weighted by Gasteiger charge is -2.15. The van der Waals surface area contributed by atoms with Crippen LogP contribution in [0.3, 0.4) is 0 Å². The number of urea groups is 1. The zero-order valence-electron chi connectivity index (χ0n) is 9.40. The summed E-state index contributed by atoms with van der Waals surface area (Å²) < 4.78 is 0. The smallest absolute Gasteiger partial charge is 0.326 e. The van der Waals surface area contributed by atoms with Gasteiger partial charge in [-0.15, -0.1) is 0 Å². The van der Waals surface area contributed by atoms with E-state index in [1.165, 1.54) is 18.7 Å². The van der Waals surface area contributed by atoms with E-state index < -0.39 is 24.1 Å². The lowest BCUT2D eigenvalue weighted by Crippen LogP contribution is -2.47. The van der Waals surface area contributed by atoms with Crippen molar-refractivity contribution in [3.63, 3.8) is 0 Å². The number of carbonyl (C=O) groups excluding carboxylic acids is 1. The summed E-state index contributed by atoms with van der Waals surface area (Å²) in [7, 11) is 0. The SMILES string of the molecule is CSCC[C@H](NC(=O)NC[C@@H](C)O)C(=O)O. The van der Waals surface area contributed by atoms with Crippen LogP contribution in [0.15, 0.2) is 0 Å². The monoisotopic (exact) mass is 250 g/mol. The molecule has 0 aromatic heterocycles. The van der Waals surface area contributed by atoms with E-state index in [4.69, 9.17) is 10.2 Å². The van der Waals surface area contributed by atoms with Gasteiger partial charge in [0.1, 0.15) is 6.04 Å². The predicted octanol–water partition coefficient (Wildman–Crippen LogP) is -0.127. The molecule has 0 saturated heterocycles. The van der Waals surface area contributed by atoms with Gasteiger partial charge < -0.3 is 20.8 Å². The average molecular weight is 250 g/mol. The second-order valence-electron chi connectivity index (χ2n) is 3.38. The molecule has 7 heteroatoms. The topological polar surface area (TPSA) is 98.7 Å². The number of aliphatic carboxylic acids is 1. The third-order valence-corrected chi connectivity index (χ3v) is 2.42. The summed E-state index contributed by atoms with van der Waals surface area (Å²) in [4.78, 5) is 22.0. The summed E-state index contributed by atoms with van der Waals surface area (Å²) >= 11 is 1.52. The molecule has 0 radical (unpaired) electrons. The molecular formula is C9H18N2O4S. The molecule has 0 spiro atoms. The number of hydrogen-bond donors (Lipinski definition) is 4. The summed E-state index contributed by atoms with van der Waals surface area (Å²) in [5, 5.41) is 22.5. The number of amides is 2. The largest absolute Gasteiger partial charge is 0.480 e. The number of aliphatic hydroxyl groups excluding tert-OH is 1. The molecule has 0 rings (SSSR count). The van der Waals surface area contributed by atoms with Crippen LogP contribution in [0.4, 0.5) is 4.79 Å². The number of aliphatic hydroxyl groups is 1. The van der Waals surface area contributed by atoms with E-state index in [9.17, 15) is 9.59 Å². The van der Waals surface area contributed by atoms with Gasteiger partial charge in [-0.1, -0.05) is 0 Å². The molecule has 0 aliphatic carbocycles. The van der Waals surface area contributed by atoms with Crippen LogP contribution in [-0.4, -0.2) is 52.9 Å². The van der Waals surface area contributed by atoms with Crippen LogP contribution in [0.1, 0.15) is 13.3 Å². The van der Waals surface area contributed by atoms with Gasteiger partial charge >= 0.3 is 12.0 Å². The van der Waals surface area contributed by atoms with Crippen molar-refractivity contribution in [1.82, 2.24) is 10.6 Å². The van der Waals surface area contributed by atoms with Gasteiger partial charge in [0.15, 0.2) is 0 Å². The number of carboxylic acids is 1. The molecule has 0 aliphatic rings. The third kappa shape index (κ3) is 7.36. The standard InChI is InChI=1S/C9H18N2O4S/c1-6(12)5-10-9(15)11-7(8(13)14)3-4-16-2/h6-7,12H,3-5H2,1-2H3,(H,13,14)(H2,10,11,15)/t6-,7+/m1/s1. The molecule has 0 aromatic carbocycles. The Balaban J connectivity index is 3.98. The number of thioether (sulfide) groups is 1. The first kappa shape index (κ1) is 15.0. The normalized spacial score (nSPS) is 13.9. The van der Waals surface area contributed by atoms with Crippen molar-refractivity contribution in [3.05, 3.63) is 0 Å². The van der Waals surface area contributed by atoms with E-state index in [-0.39, 0.29) is 6.54 Å². The molecule has 0 aromatic rings. The van der Waals surface area contributed by atoms with E-state index in [0.717, 1.165) is 0 Å². The van der Waals surface area contributed by atoms with Crippen molar-refractivity contribution in [1.29, 1.82) is 0 Å². The highest BCUT2D eigenvalue weighted by Gasteiger charge is 2.19. The van der Waals surface area contributed by atoms with Crippen LogP contribution < -0.4 is 10.6 Å². The molecule has 0 unspecified atom stereocenters. The first-order valence-corrected chi connectivity index (χ1v) is 6.31. The van der Waals surface area contributed by atoms with Crippen molar-refractivity contribution >= 4 is 23.8 Å². The number of rotatable bonds is 7. The van der Waals surface area contributed by atoms with Crippen molar-refractivity contribution in [2.24, 2.45) is 0 Å². The van der Waals surface area contributed by atoms with Crippen LogP contribution in [0.2, 0.25) is 0 Å². The van der Waals surface area contributed by atoms with E-state index in [0.29, 0.717) is 12.2 Å². The first-order valence-electron chi connectivity index (χ1n) is 4.91. The van der Waals surface area contributed by atoms with Gasteiger partial charge in [-0.25, -0.2) is 9.59 Å². The van der Waals surface area contributed by atoms with E-state index in [1.807, 2.05) is 6.26 Å². The molecule has 16 heavy (non-hydrogen) atoms. The predicted molar refractivity (Wildman–Crippen MR) is 62.6 cm³/mol. The Bertz CT molecular complexity index is 236. The maximum atomic E-state index is 11.2. The Hall–Kier alpha value is -0.950. The summed E-state index contributed by atoms with van der Waals surface area (Å²) in [5.41, 5.74) is 0. The summed E-state index contributed by atoms with van der Waals surface area (Å²) in [6.07, 6.45) is 1.59. The molecular weight excluding hydrogens is 232 g/mol. The maximum absolute atomic E-state index is 11.2. The second-order valence-corrected chi connectivity index (χ2v) is 4.36. The van der Waals surface area contributed by atoms with Gasteiger partial charge in [-0.3, -0.25) is 0 Å². The van der Waals surface area contributed by atoms with Crippen molar-refractivity contribution in [2.45, 2.75) is 25.5 Å². The van der Waals surface area contributed by atoms with Crippen LogP contribution in [0, 0.1) is 0 Å². The van der Waals surface area contributed by atoms with Gasteiger partial charge in [-0.2, -0.15) is 11.8 Å². The lowest BCUT2D eigenvalue weighted by atomic mass is 10.2. The Labute approximate surface area is 98.8 Å². The molecule has 0 fully saturated rings. The molecule has 6 nitrogen and oxygen atoms in total. The highest BCUT2D eigenvalue weighted by molar-refractivity contribution is 7.98. The number of hydrogen-bond acceptors (Lipinski definition) is 4. The molecule has 2 atom stereocenters. The van der Waals surface area contributed by atoms with Gasteiger partial charge in [0.2, 0.25) is 0 Å². The minimum absolute atomic E-state index is 0.0979. The fourth-order valence-corrected chi connectivity index (χ4v) is 1.41. The minimum atomic E-state index is -1.05.